The minimum atomic E-state index is -2.87. The number of nitrogens with one attached hydrogen (secondary N) is 1. The van der Waals surface area contributed by atoms with Crippen LogP contribution in [0.1, 0.15) is 52.4 Å². The lowest BCUT2D eigenvalue weighted by Crippen LogP contribution is -2.50. The van der Waals surface area contributed by atoms with Crippen molar-refractivity contribution in [2.24, 2.45) is 5.41 Å². The Hall–Kier alpha value is -0.130. The van der Waals surface area contributed by atoms with E-state index < -0.39 is 15.4 Å². The summed E-state index contributed by atoms with van der Waals surface area (Å²) < 4.78 is 23.1. The van der Waals surface area contributed by atoms with Crippen molar-refractivity contribution in [2.75, 3.05) is 18.1 Å². The Morgan fingerprint density at radius 3 is 2.42 bits per heavy atom. The zero-order chi connectivity index (χ0) is 14.1. The van der Waals surface area contributed by atoms with E-state index in [1.54, 1.807) is 0 Å². The van der Waals surface area contributed by atoms with Gasteiger partial charge in [-0.2, -0.15) is 0 Å². The third-order valence-electron chi connectivity index (χ3n) is 4.72. The van der Waals surface area contributed by atoms with Crippen LogP contribution >= 0.6 is 0 Å². The van der Waals surface area contributed by atoms with Crippen molar-refractivity contribution in [3.8, 4) is 0 Å². The molecule has 112 valence electrons. The number of aliphatic hydroxyl groups is 1. The van der Waals surface area contributed by atoms with Crippen LogP contribution in [0, 0.1) is 5.41 Å². The second-order valence-corrected chi connectivity index (χ2v) is 9.45. The first-order valence-corrected chi connectivity index (χ1v) is 9.18. The Labute approximate surface area is 116 Å². The monoisotopic (exact) mass is 289 g/mol. The molecule has 2 aliphatic rings. The summed E-state index contributed by atoms with van der Waals surface area (Å²) in [6.07, 6.45) is 5.34. The topological polar surface area (TPSA) is 66.4 Å². The molecule has 4 nitrogen and oxygen atoms in total. The van der Waals surface area contributed by atoms with Crippen LogP contribution in [0.5, 0.6) is 0 Å². The molecular formula is C14H27NO3S. The van der Waals surface area contributed by atoms with Crippen LogP contribution in [0.2, 0.25) is 0 Å². The van der Waals surface area contributed by atoms with E-state index in [1.807, 2.05) is 0 Å². The molecule has 19 heavy (non-hydrogen) atoms. The Morgan fingerprint density at radius 1 is 1.21 bits per heavy atom. The van der Waals surface area contributed by atoms with Gasteiger partial charge in [-0.05, 0) is 43.9 Å². The fourth-order valence-corrected chi connectivity index (χ4v) is 4.76. The standard InChI is InChI=1S/C14H27NO3S/c1-13(2)5-7-14(16,8-6-13)11-15-12-4-3-9-19(17,18)10-12/h12,15-16H,3-11H2,1-2H3. The maximum Gasteiger partial charge on any atom is 0.151 e. The van der Waals surface area contributed by atoms with Crippen LogP contribution < -0.4 is 5.32 Å². The number of hydrogen-bond donors (Lipinski definition) is 2. The van der Waals surface area contributed by atoms with Crippen molar-refractivity contribution in [1.82, 2.24) is 5.32 Å². The predicted molar refractivity (Wildman–Crippen MR) is 76.9 cm³/mol. The number of hydrogen-bond acceptors (Lipinski definition) is 4. The summed E-state index contributed by atoms with van der Waals surface area (Å²) >= 11 is 0. The zero-order valence-corrected chi connectivity index (χ0v) is 12.9. The SMILES string of the molecule is CC1(C)CCC(O)(CNC2CCCS(=O)(=O)C2)CC1. The van der Waals surface area contributed by atoms with Crippen LogP contribution in [0.3, 0.4) is 0 Å². The highest BCUT2D eigenvalue weighted by molar-refractivity contribution is 7.91. The summed E-state index contributed by atoms with van der Waals surface area (Å²) in [5.41, 5.74) is -0.308. The van der Waals surface area contributed by atoms with Gasteiger partial charge in [-0.25, -0.2) is 8.42 Å². The molecule has 0 aromatic heterocycles. The van der Waals surface area contributed by atoms with Gasteiger partial charge in [0.05, 0.1) is 17.1 Å². The molecule has 0 aromatic carbocycles. The van der Waals surface area contributed by atoms with Crippen molar-refractivity contribution in [1.29, 1.82) is 0 Å². The van der Waals surface area contributed by atoms with Crippen LogP contribution in [0.25, 0.3) is 0 Å². The molecule has 1 aliphatic carbocycles. The zero-order valence-electron chi connectivity index (χ0n) is 12.1. The fraction of sp³-hybridized carbons (Fsp3) is 1.00. The molecule has 0 bridgehead atoms. The summed E-state index contributed by atoms with van der Waals surface area (Å²) in [7, 11) is -2.87. The number of sulfone groups is 1. The van der Waals surface area contributed by atoms with Crippen molar-refractivity contribution in [2.45, 2.75) is 64.0 Å². The molecule has 1 heterocycles. The van der Waals surface area contributed by atoms with Gasteiger partial charge in [0.2, 0.25) is 0 Å². The van der Waals surface area contributed by atoms with Crippen molar-refractivity contribution in [3.63, 3.8) is 0 Å². The lowest BCUT2D eigenvalue weighted by molar-refractivity contribution is -0.0259. The molecule has 5 heteroatoms. The van der Waals surface area contributed by atoms with E-state index in [0.29, 0.717) is 17.7 Å². The van der Waals surface area contributed by atoms with Gasteiger partial charge in [0, 0.05) is 12.6 Å². The van der Waals surface area contributed by atoms with E-state index in [4.69, 9.17) is 0 Å². The van der Waals surface area contributed by atoms with Gasteiger partial charge < -0.3 is 10.4 Å². The summed E-state index contributed by atoms with van der Waals surface area (Å²) in [6, 6.07) is 0.0257. The van der Waals surface area contributed by atoms with Crippen molar-refractivity contribution < 1.29 is 13.5 Å². The summed E-state index contributed by atoms with van der Waals surface area (Å²) in [4.78, 5) is 0. The first-order valence-electron chi connectivity index (χ1n) is 7.36. The van der Waals surface area contributed by atoms with Gasteiger partial charge in [0.15, 0.2) is 9.84 Å². The van der Waals surface area contributed by atoms with E-state index >= 15 is 0 Å². The Balaban J connectivity index is 1.82. The van der Waals surface area contributed by atoms with Crippen LogP contribution in [-0.2, 0) is 9.84 Å². The van der Waals surface area contributed by atoms with Crippen molar-refractivity contribution in [3.05, 3.63) is 0 Å². The molecule has 0 aromatic rings. The lowest BCUT2D eigenvalue weighted by atomic mass is 9.71. The molecule has 1 atom stereocenters. The van der Waals surface area contributed by atoms with Gasteiger partial charge in [-0.15, -0.1) is 0 Å². The van der Waals surface area contributed by atoms with E-state index in [9.17, 15) is 13.5 Å². The molecule has 1 saturated carbocycles. The van der Waals surface area contributed by atoms with Gasteiger partial charge in [-0.3, -0.25) is 0 Å². The summed E-state index contributed by atoms with van der Waals surface area (Å²) in [5, 5.41) is 13.8. The molecule has 0 radical (unpaired) electrons. The molecule has 1 saturated heterocycles. The minimum Gasteiger partial charge on any atom is -0.389 e. The van der Waals surface area contributed by atoms with E-state index in [2.05, 4.69) is 19.2 Å². The first kappa shape index (κ1) is 15.3. The van der Waals surface area contributed by atoms with Crippen molar-refractivity contribution >= 4 is 9.84 Å². The Morgan fingerprint density at radius 2 is 1.84 bits per heavy atom. The predicted octanol–water partition coefficient (Wildman–Crippen LogP) is 1.48. The maximum atomic E-state index is 11.6. The average Bonchev–Trinajstić information content (AvgIpc) is 2.30. The van der Waals surface area contributed by atoms with Gasteiger partial charge in [0.1, 0.15) is 0 Å². The average molecular weight is 289 g/mol. The second kappa shape index (κ2) is 5.34. The lowest BCUT2D eigenvalue weighted by Gasteiger charge is -2.41. The molecule has 0 amide bonds. The second-order valence-electron chi connectivity index (χ2n) is 7.22. The third kappa shape index (κ3) is 4.43. The van der Waals surface area contributed by atoms with Gasteiger partial charge >= 0.3 is 0 Å². The normalized spacial score (nSPS) is 32.9. The van der Waals surface area contributed by atoms with E-state index in [0.717, 1.165) is 38.5 Å². The molecule has 0 spiro atoms. The molecular weight excluding hydrogens is 262 g/mol. The highest BCUT2D eigenvalue weighted by Gasteiger charge is 2.37. The number of rotatable bonds is 3. The molecule has 2 rings (SSSR count). The van der Waals surface area contributed by atoms with Gasteiger partial charge in [0.25, 0.3) is 0 Å². The smallest absolute Gasteiger partial charge is 0.151 e. The third-order valence-corrected chi connectivity index (χ3v) is 6.54. The first-order chi connectivity index (χ1) is 8.70. The molecule has 1 unspecified atom stereocenters. The highest BCUT2D eigenvalue weighted by Crippen LogP contribution is 2.39. The van der Waals surface area contributed by atoms with Gasteiger partial charge in [-0.1, -0.05) is 13.8 Å². The Bertz CT molecular complexity index is 406. The minimum absolute atomic E-state index is 0.0257. The molecule has 1 aliphatic heterocycles. The Kier molecular flexibility index (Phi) is 4.29. The summed E-state index contributed by atoms with van der Waals surface area (Å²) in [5.74, 6) is 0.554. The fourth-order valence-electron chi connectivity index (χ4n) is 3.09. The van der Waals surface area contributed by atoms with Crippen LogP contribution in [-0.4, -0.2) is 43.2 Å². The quantitative estimate of drug-likeness (QED) is 0.826. The highest BCUT2D eigenvalue weighted by atomic mass is 32.2. The molecule has 2 N–H and O–H groups in total. The van der Waals surface area contributed by atoms with E-state index in [1.165, 1.54) is 0 Å². The van der Waals surface area contributed by atoms with E-state index in [-0.39, 0.29) is 11.8 Å². The molecule has 2 fully saturated rings. The largest absolute Gasteiger partial charge is 0.389 e. The maximum absolute atomic E-state index is 11.6. The van der Waals surface area contributed by atoms with Crippen LogP contribution in [0.4, 0.5) is 0 Å². The van der Waals surface area contributed by atoms with Crippen LogP contribution in [0.15, 0.2) is 0 Å². The summed E-state index contributed by atoms with van der Waals surface area (Å²) in [6.45, 7) is 5.02.